The first-order chi connectivity index (χ1) is 35.0. The lowest BCUT2D eigenvalue weighted by Crippen LogP contribution is -2.45. The van der Waals surface area contributed by atoms with Crippen LogP contribution >= 0.6 is 0 Å². The van der Waals surface area contributed by atoms with Gasteiger partial charge in [-0.15, -0.1) is 0 Å². The molecule has 0 heterocycles. The third-order valence-electron chi connectivity index (χ3n) is 14.3. The minimum Gasteiger partial charge on any atom is -0.466 e. The van der Waals surface area contributed by atoms with E-state index in [4.69, 9.17) is 4.74 Å². The maximum Gasteiger partial charge on any atom is 0.305 e. The summed E-state index contributed by atoms with van der Waals surface area (Å²) in [6.45, 7) is 4.85. The summed E-state index contributed by atoms with van der Waals surface area (Å²) in [6, 6.07) is -0.647. The molecule has 1 amide bonds. The van der Waals surface area contributed by atoms with Crippen LogP contribution in [0.1, 0.15) is 328 Å². The van der Waals surface area contributed by atoms with Gasteiger partial charge in [-0.25, -0.2) is 0 Å². The molecule has 0 rings (SSSR count). The van der Waals surface area contributed by atoms with Crippen molar-refractivity contribution in [3.63, 3.8) is 0 Å². The first-order valence-corrected chi connectivity index (χ1v) is 31.4. The Bertz CT molecular complexity index is 1190. The summed E-state index contributed by atoms with van der Waals surface area (Å²) in [4.78, 5) is 24.5. The Morgan fingerprint density at radius 3 is 1.08 bits per heavy atom. The predicted octanol–water partition coefficient (Wildman–Crippen LogP) is 19.7. The lowest BCUT2D eigenvalue weighted by Gasteiger charge is -2.20. The third kappa shape index (κ3) is 57.0. The van der Waals surface area contributed by atoms with Gasteiger partial charge in [-0.3, -0.25) is 9.59 Å². The molecule has 71 heavy (non-hydrogen) atoms. The predicted molar refractivity (Wildman–Crippen MR) is 310 cm³/mol. The quantitative estimate of drug-likeness (QED) is 0.0244. The van der Waals surface area contributed by atoms with Crippen molar-refractivity contribution in [2.45, 2.75) is 341 Å². The van der Waals surface area contributed by atoms with Gasteiger partial charge in [0.2, 0.25) is 5.91 Å². The third-order valence-corrected chi connectivity index (χ3v) is 14.3. The molecule has 0 spiro atoms. The molecule has 0 aliphatic heterocycles. The smallest absolute Gasteiger partial charge is 0.305 e. The summed E-state index contributed by atoms with van der Waals surface area (Å²) in [5, 5.41) is 23.2. The maximum atomic E-state index is 12.5. The monoisotopic (exact) mass is 996 g/mol. The Hall–Kier alpha value is -2.18. The van der Waals surface area contributed by atoms with Crippen molar-refractivity contribution in [2.75, 3.05) is 13.2 Å². The second-order valence-corrected chi connectivity index (χ2v) is 21.4. The second kappa shape index (κ2) is 60.4. The zero-order valence-corrected chi connectivity index (χ0v) is 47.5. The lowest BCUT2D eigenvalue weighted by molar-refractivity contribution is -0.143. The molecule has 0 aromatic heterocycles. The molecule has 0 radical (unpaired) electrons. The molecule has 0 fully saturated rings. The Morgan fingerprint density at radius 2 is 0.704 bits per heavy atom. The van der Waals surface area contributed by atoms with Crippen molar-refractivity contribution in [3.8, 4) is 0 Å². The molecule has 3 N–H and O–H groups in total. The number of rotatable bonds is 58. The first-order valence-electron chi connectivity index (χ1n) is 31.4. The molecule has 0 aliphatic carbocycles. The van der Waals surface area contributed by atoms with Gasteiger partial charge in [-0.1, -0.05) is 274 Å². The van der Waals surface area contributed by atoms with Crippen molar-refractivity contribution in [2.24, 2.45) is 0 Å². The van der Waals surface area contributed by atoms with Crippen LogP contribution < -0.4 is 5.32 Å². The van der Waals surface area contributed by atoms with Crippen LogP contribution in [-0.2, 0) is 14.3 Å². The summed E-state index contributed by atoms with van der Waals surface area (Å²) in [5.41, 5.74) is 0. The molecule has 6 heteroatoms. The van der Waals surface area contributed by atoms with Gasteiger partial charge in [-0.2, -0.15) is 0 Å². The molecule has 2 unspecified atom stereocenters. The molecule has 0 saturated carbocycles. The van der Waals surface area contributed by atoms with E-state index < -0.39 is 12.1 Å². The number of nitrogens with one attached hydrogen (secondary N) is 1. The van der Waals surface area contributed by atoms with E-state index in [1.54, 1.807) is 6.08 Å². The topological polar surface area (TPSA) is 95.9 Å². The fraction of sp³-hybridized carbons (Fsp3) is 0.846. The van der Waals surface area contributed by atoms with E-state index in [9.17, 15) is 19.8 Å². The summed E-state index contributed by atoms with van der Waals surface area (Å²) in [7, 11) is 0. The highest BCUT2D eigenvalue weighted by molar-refractivity contribution is 5.76. The Labute approximate surface area is 442 Å². The molecule has 6 nitrogen and oxygen atoms in total. The van der Waals surface area contributed by atoms with Crippen molar-refractivity contribution in [3.05, 3.63) is 48.6 Å². The van der Waals surface area contributed by atoms with Gasteiger partial charge in [0.05, 0.1) is 25.4 Å². The number of carbonyl (C=O) groups is 2. The number of hydrogen-bond donors (Lipinski definition) is 3. The number of aliphatic hydroxyl groups is 2. The number of hydrogen-bond acceptors (Lipinski definition) is 5. The van der Waals surface area contributed by atoms with E-state index in [1.165, 1.54) is 225 Å². The standard InChI is InChI=1S/C65H121NO5/c1-3-5-7-9-11-13-15-17-19-20-21-22-23-24-25-26-27-28-30-33-37-41-45-49-53-57-63(68)62(61-67)66-64(69)58-54-50-46-42-38-34-31-29-32-36-40-44-48-52-56-60-71-65(70)59-55-51-47-43-39-35-18-16-14-12-10-8-6-4-2/h16,18,29,32,36,40,53,57,62-63,67-68H,3-15,17,19-28,30-31,33-35,37-39,41-52,54-56,58-61H2,1-2H3,(H,66,69)/b18-16-,32-29-,40-36-,57-53+. The van der Waals surface area contributed by atoms with Crippen LogP contribution in [0.5, 0.6) is 0 Å². The van der Waals surface area contributed by atoms with Gasteiger partial charge in [0.15, 0.2) is 0 Å². The van der Waals surface area contributed by atoms with E-state index in [0.29, 0.717) is 19.4 Å². The van der Waals surface area contributed by atoms with E-state index in [0.717, 1.165) is 77.0 Å². The van der Waals surface area contributed by atoms with Crippen molar-refractivity contribution >= 4 is 11.9 Å². The number of unbranched alkanes of at least 4 members (excludes halogenated alkanes) is 42. The SMILES string of the molecule is CCCCCCC/C=C\CCCCCCCC(=O)OCCCCC/C=C\C=C/CCCCCCCCC(=O)NC(CO)C(O)/C=C/CCCCCCCCCCCCCCCCCCCCCCCCC. The molecular weight excluding hydrogens is 875 g/mol. The highest BCUT2D eigenvalue weighted by Gasteiger charge is 2.18. The van der Waals surface area contributed by atoms with Gasteiger partial charge in [0.25, 0.3) is 0 Å². The van der Waals surface area contributed by atoms with E-state index in [2.05, 4.69) is 55.6 Å². The number of carbonyl (C=O) groups excluding carboxylic acids is 2. The molecule has 0 bridgehead atoms. The van der Waals surface area contributed by atoms with Gasteiger partial charge in [0, 0.05) is 12.8 Å². The van der Waals surface area contributed by atoms with Crippen LogP contribution in [-0.4, -0.2) is 47.4 Å². The summed E-state index contributed by atoms with van der Waals surface area (Å²) < 4.78 is 5.44. The zero-order valence-electron chi connectivity index (χ0n) is 47.5. The number of amides is 1. The van der Waals surface area contributed by atoms with Gasteiger partial charge >= 0.3 is 5.97 Å². The summed E-state index contributed by atoms with van der Waals surface area (Å²) in [6.07, 6.45) is 77.2. The highest BCUT2D eigenvalue weighted by atomic mass is 16.5. The number of aliphatic hydroxyl groups excluding tert-OH is 2. The second-order valence-electron chi connectivity index (χ2n) is 21.4. The Morgan fingerprint density at radius 1 is 0.394 bits per heavy atom. The maximum absolute atomic E-state index is 12.5. The molecular formula is C65H121NO5. The molecule has 0 aliphatic rings. The van der Waals surface area contributed by atoms with Gasteiger partial charge in [-0.05, 0) is 89.9 Å². The van der Waals surface area contributed by atoms with Crippen LogP contribution in [0.2, 0.25) is 0 Å². The Kier molecular flexibility index (Phi) is 58.5. The summed E-state index contributed by atoms with van der Waals surface area (Å²) >= 11 is 0. The van der Waals surface area contributed by atoms with Crippen LogP contribution in [0.15, 0.2) is 48.6 Å². The van der Waals surface area contributed by atoms with Crippen LogP contribution in [0.25, 0.3) is 0 Å². The lowest BCUT2D eigenvalue weighted by atomic mass is 10.0. The molecule has 416 valence electrons. The van der Waals surface area contributed by atoms with Crippen molar-refractivity contribution in [1.82, 2.24) is 5.32 Å². The highest BCUT2D eigenvalue weighted by Crippen LogP contribution is 2.17. The molecule has 2 atom stereocenters. The Balaban J connectivity index is 3.54. The first kappa shape index (κ1) is 68.8. The van der Waals surface area contributed by atoms with E-state index >= 15 is 0 Å². The van der Waals surface area contributed by atoms with Gasteiger partial charge < -0.3 is 20.3 Å². The zero-order chi connectivity index (χ0) is 51.4. The van der Waals surface area contributed by atoms with Crippen LogP contribution in [0, 0.1) is 0 Å². The molecule has 0 aromatic carbocycles. The minimum absolute atomic E-state index is 0.0312. The average Bonchev–Trinajstić information content (AvgIpc) is 3.37. The minimum atomic E-state index is -0.861. The normalized spacial score (nSPS) is 12.9. The van der Waals surface area contributed by atoms with Crippen molar-refractivity contribution in [1.29, 1.82) is 0 Å². The fourth-order valence-corrected chi connectivity index (χ4v) is 9.50. The average molecular weight is 997 g/mol. The number of allylic oxidation sites excluding steroid dienone is 7. The van der Waals surface area contributed by atoms with Crippen LogP contribution in [0.3, 0.4) is 0 Å². The number of esters is 1. The molecule has 0 aromatic rings. The fourth-order valence-electron chi connectivity index (χ4n) is 9.50. The molecule has 0 saturated heterocycles. The van der Waals surface area contributed by atoms with Gasteiger partial charge in [0.1, 0.15) is 0 Å². The van der Waals surface area contributed by atoms with Crippen molar-refractivity contribution < 1.29 is 24.5 Å². The van der Waals surface area contributed by atoms with Crippen LogP contribution in [0.4, 0.5) is 0 Å². The van der Waals surface area contributed by atoms with E-state index in [1.807, 2.05) is 6.08 Å². The summed E-state index contributed by atoms with van der Waals surface area (Å²) in [5.74, 6) is -0.120. The van der Waals surface area contributed by atoms with E-state index in [-0.39, 0.29) is 18.5 Å². The number of ether oxygens (including phenoxy) is 1. The largest absolute Gasteiger partial charge is 0.466 e.